The van der Waals surface area contributed by atoms with Crippen LogP contribution in [0.25, 0.3) is 0 Å². The third-order valence-corrected chi connectivity index (χ3v) is 4.29. The summed E-state index contributed by atoms with van der Waals surface area (Å²) in [5.74, 6) is 0.859. The summed E-state index contributed by atoms with van der Waals surface area (Å²) in [6, 6.07) is 0. The highest BCUT2D eigenvalue weighted by Crippen LogP contribution is 2.13. The Labute approximate surface area is 133 Å². The zero-order valence-electron chi connectivity index (χ0n) is 14.8. The molecule has 0 aromatic rings. The largest absolute Gasteiger partial charge is 0.466 e. The first-order chi connectivity index (χ1) is 10.2. The van der Waals surface area contributed by atoms with Crippen LogP contribution in [0.4, 0.5) is 0 Å². The molecule has 0 saturated heterocycles. The summed E-state index contributed by atoms with van der Waals surface area (Å²) in [6.07, 6.45) is 15.4. The van der Waals surface area contributed by atoms with Crippen molar-refractivity contribution in [3.8, 4) is 0 Å². The summed E-state index contributed by atoms with van der Waals surface area (Å²) in [7, 11) is 0. The van der Waals surface area contributed by atoms with E-state index < -0.39 is 0 Å². The number of hydrogen-bond donors (Lipinski definition) is 0. The maximum atomic E-state index is 11.5. The molecule has 1 unspecified atom stereocenters. The first kappa shape index (κ1) is 20.5. The fourth-order valence-electron chi connectivity index (χ4n) is 2.46. The summed E-state index contributed by atoms with van der Waals surface area (Å²) >= 11 is 0. The van der Waals surface area contributed by atoms with Crippen LogP contribution in [0, 0.1) is 5.92 Å². The molecule has 0 aliphatic carbocycles. The number of carbonyl (C=O) groups is 1. The van der Waals surface area contributed by atoms with Crippen LogP contribution in [-0.4, -0.2) is 12.6 Å². The van der Waals surface area contributed by atoms with Gasteiger partial charge < -0.3 is 4.74 Å². The quantitative estimate of drug-likeness (QED) is 0.263. The Hall–Kier alpha value is -0.530. The van der Waals surface area contributed by atoms with Crippen LogP contribution in [0.3, 0.4) is 0 Å². The molecule has 21 heavy (non-hydrogen) atoms. The first-order valence-corrected chi connectivity index (χ1v) is 9.36. The minimum atomic E-state index is 0.00508. The van der Waals surface area contributed by atoms with Gasteiger partial charge in [-0.2, -0.15) is 0 Å². The predicted molar refractivity (Wildman–Crippen MR) is 91.5 cm³/mol. The van der Waals surface area contributed by atoms with Crippen molar-refractivity contribution in [2.24, 2.45) is 5.92 Å². The molecule has 0 rings (SSSR count). The van der Waals surface area contributed by atoms with Crippen molar-refractivity contribution in [3.63, 3.8) is 0 Å². The summed E-state index contributed by atoms with van der Waals surface area (Å²) in [5, 5.41) is 0. The molecule has 1 atom stereocenters. The zero-order valence-corrected chi connectivity index (χ0v) is 14.8. The molecule has 126 valence electrons. The Kier molecular flexibility index (Phi) is 15.5. The van der Waals surface area contributed by atoms with Gasteiger partial charge in [-0.3, -0.25) is 4.79 Å². The van der Waals surface area contributed by atoms with Crippen molar-refractivity contribution >= 4 is 5.97 Å². The van der Waals surface area contributed by atoms with E-state index in [2.05, 4.69) is 20.8 Å². The van der Waals surface area contributed by atoms with Gasteiger partial charge in [0, 0.05) is 6.42 Å². The first-order valence-electron chi connectivity index (χ1n) is 9.36. The lowest BCUT2D eigenvalue weighted by Gasteiger charge is -2.07. The lowest BCUT2D eigenvalue weighted by atomic mass is 10.0. The fraction of sp³-hybridized carbons (Fsp3) is 0.947. The van der Waals surface area contributed by atoms with Crippen LogP contribution in [0.15, 0.2) is 0 Å². The number of esters is 1. The van der Waals surface area contributed by atoms with E-state index in [1.165, 1.54) is 64.2 Å². The Morgan fingerprint density at radius 3 is 2.19 bits per heavy atom. The molecule has 0 aromatic heterocycles. The van der Waals surface area contributed by atoms with Crippen molar-refractivity contribution in [1.29, 1.82) is 0 Å². The van der Waals surface area contributed by atoms with Crippen molar-refractivity contribution in [3.05, 3.63) is 0 Å². The van der Waals surface area contributed by atoms with Crippen LogP contribution >= 0.6 is 0 Å². The second-order valence-electron chi connectivity index (χ2n) is 6.45. The number of hydrogen-bond acceptors (Lipinski definition) is 2. The maximum Gasteiger partial charge on any atom is 0.305 e. The number of ether oxygens (including phenoxy) is 1. The topological polar surface area (TPSA) is 26.3 Å². The van der Waals surface area contributed by atoms with E-state index in [1.54, 1.807) is 0 Å². The predicted octanol–water partition coefficient (Wildman–Crippen LogP) is 6.28. The van der Waals surface area contributed by atoms with Gasteiger partial charge in [0.25, 0.3) is 0 Å². The van der Waals surface area contributed by atoms with Crippen molar-refractivity contribution in [2.75, 3.05) is 6.61 Å². The third kappa shape index (κ3) is 15.7. The van der Waals surface area contributed by atoms with Gasteiger partial charge >= 0.3 is 5.97 Å². The smallest absolute Gasteiger partial charge is 0.305 e. The number of carbonyl (C=O) groups excluding carboxylic acids is 1. The number of unbranched alkanes of at least 4 members (excludes halogenated alkanes) is 8. The van der Waals surface area contributed by atoms with E-state index in [1.807, 2.05) is 0 Å². The molecule has 0 heterocycles. The molecule has 0 fully saturated rings. The molecule has 2 nitrogen and oxygen atoms in total. The normalized spacial score (nSPS) is 12.3. The maximum absolute atomic E-state index is 11.5. The van der Waals surface area contributed by atoms with E-state index in [9.17, 15) is 4.79 Å². The van der Waals surface area contributed by atoms with Gasteiger partial charge in [-0.15, -0.1) is 0 Å². The third-order valence-electron chi connectivity index (χ3n) is 4.29. The molecule has 0 aliphatic rings. The van der Waals surface area contributed by atoms with Crippen LogP contribution in [0.5, 0.6) is 0 Å². The Morgan fingerprint density at radius 1 is 0.857 bits per heavy atom. The summed E-state index contributed by atoms with van der Waals surface area (Å²) in [4.78, 5) is 11.5. The monoisotopic (exact) mass is 298 g/mol. The Balaban J connectivity index is 3.20. The molecule has 0 spiro atoms. The summed E-state index contributed by atoms with van der Waals surface area (Å²) < 4.78 is 5.27. The summed E-state index contributed by atoms with van der Waals surface area (Å²) in [6.45, 7) is 7.43. The van der Waals surface area contributed by atoms with E-state index in [-0.39, 0.29) is 5.97 Å². The van der Waals surface area contributed by atoms with Crippen molar-refractivity contribution in [2.45, 2.75) is 104 Å². The standard InChI is InChI=1S/C19H38O2/c1-4-6-7-8-11-14-17-21-19(20)16-13-10-9-12-15-18(3)5-2/h18H,4-17H2,1-3H3. The average Bonchev–Trinajstić information content (AvgIpc) is 2.49. The van der Waals surface area contributed by atoms with Gasteiger partial charge in [0.1, 0.15) is 0 Å². The van der Waals surface area contributed by atoms with Crippen molar-refractivity contribution in [1.82, 2.24) is 0 Å². The van der Waals surface area contributed by atoms with Crippen molar-refractivity contribution < 1.29 is 9.53 Å². The lowest BCUT2D eigenvalue weighted by molar-refractivity contribution is -0.143. The van der Waals surface area contributed by atoms with Gasteiger partial charge in [-0.05, 0) is 18.8 Å². The molecule has 0 radical (unpaired) electrons. The van der Waals surface area contributed by atoms with Gasteiger partial charge in [-0.1, -0.05) is 85.0 Å². The van der Waals surface area contributed by atoms with Crippen LogP contribution in [0.2, 0.25) is 0 Å². The van der Waals surface area contributed by atoms with E-state index in [0.717, 1.165) is 18.8 Å². The van der Waals surface area contributed by atoms with Crippen LogP contribution in [0.1, 0.15) is 104 Å². The lowest BCUT2D eigenvalue weighted by Crippen LogP contribution is -2.05. The average molecular weight is 299 g/mol. The highest BCUT2D eigenvalue weighted by atomic mass is 16.5. The molecule has 0 aromatic carbocycles. The van der Waals surface area contributed by atoms with E-state index >= 15 is 0 Å². The van der Waals surface area contributed by atoms with Crippen LogP contribution in [-0.2, 0) is 9.53 Å². The Bertz CT molecular complexity index is 226. The van der Waals surface area contributed by atoms with Gasteiger partial charge in [-0.25, -0.2) is 0 Å². The molecular formula is C19H38O2. The highest BCUT2D eigenvalue weighted by Gasteiger charge is 2.03. The van der Waals surface area contributed by atoms with E-state index in [0.29, 0.717) is 13.0 Å². The van der Waals surface area contributed by atoms with Gasteiger partial charge in [0.05, 0.1) is 6.61 Å². The molecule has 2 heteroatoms. The summed E-state index contributed by atoms with van der Waals surface area (Å²) in [5.41, 5.74) is 0. The van der Waals surface area contributed by atoms with Crippen LogP contribution < -0.4 is 0 Å². The fourth-order valence-corrected chi connectivity index (χ4v) is 2.46. The van der Waals surface area contributed by atoms with E-state index in [4.69, 9.17) is 4.74 Å². The number of rotatable bonds is 15. The molecule has 0 saturated carbocycles. The van der Waals surface area contributed by atoms with Gasteiger partial charge in [0.2, 0.25) is 0 Å². The highest BCUT2D eigenvalue weighted by molar-refractivity contribution is 5.69. The van der Waals surface area contributed by atoms with Gasteiger partial charge in [0.15, 0.2) is 0 Å². The molecule has 0 amide bonds. The minimum absolute atomic E-state index is 0.00508. The second kappa shape index (κ2) is 15.9. The molecular weight excluding hydrogens is 260 g/mol. The molecule has 0 aliphatic heterocycles. The molecule has 0 bridgehead atoms. The molecule has 0 N–H and O–H groups in total. The SMILES string of the molecule is CCCCCCCCOC(=O)CCCCCCC(C)CC. The Morgan fingerprint density at radius 2 is 1.48 bits per heavy atom. The minimum Gasteiger partial charge on any atom is -0.466 e. The second-order valence-corrected chi connectivity index (χ2v) is 6.45. The zero-order chi connectivity index (χ0) is 15.8.